The van der Waals surface area contributed by atoms with Gasteiger partial charge in [-0.05, 0) is 18.6 Å². The van der Waals surface area contributed by atoms with Gasteiger partial charge in [-0.3, -0.25) is 4.79 Å². The number of hydrogen-bond acceptors (Lipinski definition) is 1. The fraction of sp³-hybridized carbons (Fsp3) is 0.300. The number of carbonyl (C=O) groups is 1. The Morgan fingerprint density at radius 3 is 2.79 bits per heavy atom. The molecule has 0 unspecified atom stereocenters. The first kappa shape index (κ1) is 11.5. The number of benzene rings is 1. The minimum Gasteiger partial charge on any atom is -0.294 e. The molecule has 0 fully saturated rings. The lowest BCUT2D eigenvalue weighted by atomic mass is 10.1. The molecule has 0 amide bonds. The van der Waals surface area contributed by atoms with Crippen LogP contribution in [0.1, 0.15) is 23.2 Å². The van der Waals surface area contributed by atoms with Crippen molar-refractivity contribution in [3.8, 4) is 0 Å². The normalized spacial score (nSPS) is 10.2. The number of hydrogen-bond donors (Lipinski definition) is 0. The van der Waals surface area contributed by atoms with Crippen molar-refractivity contribution in [2.45, 2.75) is 12.8 Å². The van der Waals surface area contributed by atoms with Crippen LogP contribution in [-0.4, -0.2) is 11.7 Å². The summed E-state index contributed by atoms with van der Waals surface area (Å²) in [5, 5.41) is -0.105. The zero-order valence-electron chi connectivity index (χ0n) is 7.40. The SMILES string of the molecule is O=C(CCCCl)c1cccc(F)c1Cl. The first-order chi connectivity index (χ1) is 6.66. The number of rotatable bonds is 4. The number of Topliss-reactive ketones (excluding diaryl/α,β-unsaturated/α-hetero) is 1. The zero-order chi connectivity index (χ0) is 10.6. The van der Waals surface area contributed by atoms with E-state index in [4.69, 9.17) is 23.2 Å². The van der Waals surface area contributed by atoms with E-state index in [1.807, 2.05) is 0 Å². The molecule has 0 heterocycles. The van der Waals surface area contributed by atoms with Crippen LogP contribution in [0.4, 0.5) is 4.39 Å². The highest BCUT2D eigenvalue weighted by Gasteiger charge is 2.12. The van der Waals surface area contributed by atoms with Gasteiger partial charge in [0.05, 0.1) is 5.02 Å². The Balaban J connectivity index is 2.84. The number of carbonyl (C=O) groups excluding carboxylic acids is 1. The minimum atomic E-state index is -0.566. The maximum Gasteiger partial charge on any atom is 0.164 e. The second-order valence-corrected chi connectivity index (χ2v) is 3.57. The summed E-state index contributed by atoms with van der Waals surface area (Å²) in [6.45, 7) is 0. The van der Waals surface area contributed by atoms with E-state index in [0.29, 0.717) is 18.7 Å². The number of halogens is 3. The van der Waals surface area contributed by atoms with Gasteiger partial charge < -0.3 is 0 Å². The lowest BCUT2D eigenvalue weighted by Gasteiger charge is -2.02. The summed E-state index contributed by atoms with van der Waals surface area (Å²) >= 11 is 11.1. The van der Waals surface area contributed by atoms with E-state index in [0.717, 1.165) is 0 Å². The van der Waals surface area contributed by atoms with Gasteiger partial charge in [0.2, 0.25) is 0 Å². The van der Waals surface area contributed by atoms with Crippen LogP contribution in [0.15, 0.2) is 18.2 Å². The van der Waals surface area contributed by atoms with Crippen LogP contribution in [-0.2, 0) is 0 Å². The molecule has 4 heteroatoms. The van der Waals surface area contributed by atoms with Crippen molar-refractivity contribution >= 4 is 29.0 Å². The standard InChI is InChI=1S/C10H9Cl2FO/c11-6-2-5-9(14)7-3-1-4-8(13)10(7)12/h1,3-4H,2,5-6H2. The van der Waals surface area contributed by atoms with Crippen molar-refractivity contribution in [2.24, 2.45) is 0 Å². The summed E-state index contributed by atoms with van der Waals surface area (Å²) in [5.41, 5.74) is 0.233. The highest BCUT2D eigenvalue weighted by atomic mass is 35.5. The summed E-state index contributed by atoms with van der Waals surface area (Å²) in [5.74, 6) is -0.322. The Kier molecular flexibility index (Phi) is 4.36. The quantitative estimate of drug-likeness (QED) is 0.574. The number of ketones is 1. The van der Waals surface area contributed by atoms with Crippen molar-refractivity contribution in [1.82, 2.24) is 0 Å². The minimum absolute atomic E-state index is 0.105. The molecular formula is C10H9Cl2FO. The van der Waals surface area contributed by atoms with Gasteiger partial charge in [-0.25, -0.2) is 4.39 Å². The fourth-order valence-electron chi connectivity index (χ4n) is 1.08. The third kappa shape index (κ3) is 2.69. The van der Waals surface area contributed by atoms with E-state index in [1.54, 1.807) is 0 Å². The highest BCUT2D eigenvalue weighted by molar-refractivity contribution is 6.34. The van der Waals surface area contributed by atoms with Gasteiger partial charge in [0.1, 0.15) is 5.82 Å². The largest absolute Gasteiger partial charge is 0.294 e. The molecular weight excluding hydrogens is 226 g/mol. The topological polar surface area (TPSA) is 17.1 Å². The van der Waals surface area contributed by atoms with Gasteiger partial charge >= 0.3 is 0 Å². The smallest absolute Gasteiger partial charge is 0.164 e. The van der Waals surface area contributed by atoms with E-state index in [-0.39, 0.29) is 16.4 Å². The summed E-state index contributed by atoms with van der Waals surface area (Å²) < 4.78 is 13.0. The molecule has 1 aromatic carbocycles. The lowest BCUT2D eigenvalue weighted by Crippen LogP contribution is -2.01. The average Bonchev–Trinajstić information content (AvgIpc) is 2.18. The van der Waals surface area contributed by atoms with E-state index in [2.05, 4.69) is 0 Å². The van der Waals surface area contributed by atoms with Gasteiger partial charge in [-0.15, -0.1) is 11.6 Å². The molecule has 0 N–H and O–H groups in total. The molecule has 0 aromatic heterocycles. The molecule has 76 valence electrons. The van der Waals surface area contributed by atoms with Gasteiger partial charge in [-0.2, -0.15) is 0 Å². The van der Waals surface area contributed by atoms with Crippen molar-refractivity contribution in [2.75, 3.05) is 5.88 Å². The van der Waals surface area contributed by atoms with Crippen LogP contribution in [0.2, 0.25) is 5.02 Å². The predicted octanol–water partition coefficient (Wildman–Crippen LogP) is 3.68. The van der Waals surface area contributed by atoms with Crippen LogP contribution in [0.5, 0.6) is 0 Å². The molecule has 1 nitrogen and oxygen atoms in total. The molecule has 0 saturated carbocycles. The molecule has 0 aliphatic rings. The Hall–Kier alpha value is -0.600. The summed E-state index contributed by atoms with van der Waals surface area (Å²) in [6, 6.07) is 4.21. The monoisotopic (exact) mass is 234 g/mol. The predicted molar refractivity (Wildman–Crippen MR) is 55.7 cm³/mol. The van der Waals surface area contributed by atoms with E-state index in [9.17, 15) is 9.18 Å². The second-order valence-electron chi connectivity index (χ2n) is 2.82. The molecule has 0 spiro atoms. The third-order valence-corrected chi connectivity index (χ3v) is 2.44. The van der Waals surface area contributed by atoms with Gasteiger partial charge in [0.25, 0.3) is 0 Å². The van der Waals surface area contributed by atoms with Crippen LogP contribution >= 0.6 is 23.2 Å². The Morgan fingerprint density at radius 1 is 1.43 bits per heavy atom. The van der Waals surface area contributed by atoms with Crippen molar-refractivity contribution in [3.05, 3.63) is 34.6 Å². The van der Waals surface area contributed by atoms with Crippen LogP contribution in [0.25, 0.3) is 0 Å². The molecule has 1 rings (SSSR count). The highest BCUT2D eigenvalue weighted by Crippen LogP contribution is 2.21. The Labute approximate surface area is 91.8 Å². The molecule has 0 saturated heterocycles. The molecule has 0 bridgehead atoms. The fourth-order valence-corrected chi connectivity index (χ4v) is 1.45. The van der Waals surface area contributed by atoms with E-state index < -0.39 is 5.82 Å². The molecule has 0 aliphatic carbocycles. The molecule has 0 aliphatic heterocycles. The van der Waals surface area contributed by atoms with Crippen LogP contribution in [0.3, 0.4) is 0 Å². The maximum absolute atomic E-state index is 13.0. The maximum atomic E-state index is 13.0. The summed E-state index contributed by atoms with van der Waals surface area (Å²) in [6.07, 6.45) is 0.875. The molecule has 14 heavy (non-hydrogen) atoms. The summed E-state index contributed by atoms with van der Waals surface area (Å²) in [7, 11) is 0. The molecule has 0 atom stereocenters. The molecule has 1 aromatic rings. The van der Waals surface area contributed by atoms with E-state index >= 15 is 0 Å². The van der Waals surface area contributed by atoms with Crippen molar-refractivity contribution in [1.29, 1.82) is 0 Å². The first-order valence-corrected chi connectivity index (χ1v) is 5.11. The third-order valence-electron chi connectivity index (χ3n) is 1.79. The van der Waals surface area contributed by atoms with E-state index in [1.165, 1.54) is 18.2 Å². The Morgan fingerprint density at radius 2 is 2.14 bits per heavy atom. The van der Waals surface area contributed by atoms with Gasteiger partial charge in [0, 0.05) is 17.9 Å². The van der Waals surface area contributed by atoms with Gasteiger partial charge in [-0.1, -0.05) is 17.7 Å². The Bertz CT molecular complexity index is 339. The molecule has 0 radical (unpaired) electrons. The second kappa shape index (κ2) is 5.32. The van der Waals surface area contributed by atoms with Gasteiger partial charge in [0.15, 0.2) is 5.78 Å². The van der Waals surface area contributed by atoms with Crippen LogP contribution < -0.4 is 0 Å². The van der Waals surface area contributed by atoms with Crippen molar-refractivity contribution in [3.63, 3.8) is 0 Å². The lowest BCUT2D eigenvalue weighted by molar-refractivity contribution is 0.0981. The first-order valence-electron chi connectivity index (χ1n) is 4.20. The van der Waals surface area contributed by atoms with Crippen molar-refractivity contribution < 1.29 is 9.18 Å². The zero-order valence-corrected chi connectivity index (χ0v) is 8.91. The van der Waals surface area contributed by atoms with Crippen LogP contribution in [0, 0.1) is 5.82 Å². The summed E-state index contributed by atoms with van der Waals surface area (Å²) in [4.78, 5) is 11.5. The average molecular weight is 235 g/mol. The number of alkyl halides is 1.